The molecule has 0 radical (unpaired) electrons. The molecule has 1 aliphatic rings. The van der Waals surface area contributed by atoms with Crippen LogP contribution in [-0.2, 0) is 6.54 Å². The summed E-state index contributed by atoms with van der Waals surface area (Å²) in [7, 11) is 0. The number of anilines is 2. The van der Waals surface area contributed by atoms with Crippen LogP contribution >= 0.6 is 0 Å². The molecule has 0 spiro atoms. The van der Waals surface area contributed by atoms with Crippen LogP contribution in [0.4, 0.5) is 11.6 Å². The van der Waals surface area contributed by atoms with E-state index >= 15 is 0 Å². The van der Waals surface area contributed by atoms with Gasteiger partial charge in [0.25, 0.3) is 0 Å². The van der Waals surface area contributed by atoms with Gasteiger partial charge in [0.1, 0.15) is 23.7 Å². The number of rotatable bonds is 4. The number of fused-ring (bicyclic) bond motifs is 3. The smallest absolute Gasteiger partial charge is 0.164 e. The molecular weight excluding hydrogens is 436 g/mol. The van der Waals surface area contributed by atoms with Gasteiger partial charge >= 0.3 is 0 Å². The van der Waals surface area contributed by atoms with Crippen molar-refractivity contribution in [1.82, 2.24) is 29.7 Å². The van der Waals surface area contributed by atoms with Crippen LogP contribution in [-0.4, -0.2) is 42.8 Å². The average Bonchev–Trinajstić information content (AvgIpc) is 3.64. The van der Waals surface area contributed by atoms with Crippen molar-refractivity contribution in [1.29, 1.82) is 0 Å². The number of nitrogen functional groups attached to an aromatic ring is 1. The zero-order valence-corrected chi connectivity index (χ0v) is 19.1. The molecule has 6 aromatic rings. The van der Waals surface area contributed by atoms with Crippen molar-refractivity contribution in [3.63, 3.8) is 0 Å². The van der Waals surface area contributed by atoms with Crippen LogP contribution < -0.4 is 10.6 Å². The van der Waals surface area contributed by atoms with Gasteiger partial charge in [-0.15, -0.1) is 0 Å². The Bertz CT molecular complexity index is 1710. The van der Waals surface area contributed by atoms with Crippen molar-refractivity contribution in [3.05, 3.63) is 72.7 Å². The maximum Gasteiger partial charge on any atom is 0.164 e. The first-order valence-corrected chi connectivity index (χ1v) is 11.9. The van der Waals surface area contributed by atoms with Gasteiger partial charge in [-0.25, -0.2) is 19.6 Å². The highest BCUT2D eigenvalue weighted by Crippen LogP contribution is 2.33. The summed E-state index contributed by atoms with van der Waals surface area (Å²) in [6.07, 6.45) is 5.82. The van der Waals surface area contributed by atoms with E-state index in [4.69, 9.17) is 15.8 Å². The van der Waals surface area contributed by atoms with Crippen LogP contribution in [0.15, 0.2) is 67.1 Å². The summed E-state index contributed by atoms with van der Waals surface area (Å²) >= 11 is 0. The number of aromatic amines is 1. The van der Waals surface area contributed by atoms with Gasteiger partial charge in [-0.1, -0.05) is 30.3 Å². The average molecular weight is 461 g/mol. The normalized spacial score (nSPS) is 14.0. The molecule has 1 saturated heterocycles. The number of hydrogen-bond acceptors (Lipinski definition) is 6. The fourth-order valence-corrected chi connectivity index (χ4v) is 5.17. The van der Waals surface area contributed by atoms with Gasteiger partial charge in [-0.05, 0) is 42.5 Å². The van der Waals surface area contributed by atoms with Gasteiger partial charge in [-0.3, -0.25) is 0 Å². The van der Waals surface area contributed by atoms with Crippen LogP contribution in [0, 0.1) is 0 Å². The molecular formula is C27H24N8. The van der Waals surface area contributed by atoms with Crippen molar-refractivity contribution < 1.29 is 0 Å². The standard InChI is InChI=1S/C27H24N8/c28-25-23-24(19-8-7-17-9-10-29-22(17)14-19)33-35(27(23)31-16-30-25)15-20-13-18-5-1-2-6-21(18)32-26(20)34-11-3-4-12-34/h1-2,5-10,13-14,16,29H,3-4,11-12,15H2,(H2,28,30,31). The third kappa shape index (κ3) is 3.29. The molecule has 2 aromatic carbocycles. The number of nitrogens with two attached hydrogens (primary N) is 1. The molecule has 3 N–H and O–H groups in total. The van der Waals surface area contributed by atoms with E-state index in [1.807, 2.05) is 16.9 Å². The Morgan fingerprint density at radius 2 is 1.83 bits per heavy atom. The Hall–Kier alpha value is -4.46. The Labute approximate surface area is 201 Å². The molecule has 8 heteroatoms. The SMILES string of the molecule is Nc1ncnc2c1c(-c1ccc3cc[nH]c3c1)nn2Cc1cc2ccccc2nc1N1CCCC1. The maximum absolute atomic E-state index is 6.36. The molecule has 35 heavy (non-hydrogen) atoms. The van der Waals surface area contributed by atoms with E-state index in [-0.39, 0.29) is 0 Å². The summed E-state index contributed by atoms with van der Waals surface area (Å²) in [6.45, 7) is 2.59. The van der Waals surface area contributed by atoms with E-state index < -0.39 is 0 Å². The summed E-state index contributed by atoms with van der Waals surface area (Å²) in [5.41, 5.74) is 12.0. The predicted octanol–water partition coefficient (Wildman–Crippen LogP) is 4.75. The van der Waals surface area contributed by atoms with Crippen LogP contribution in [0.25, 0.3) is 44.1 Å². The van der Waals surface area contributed by atoms with Crippen LogP contribution in [0.3, 0.4) is 0 Å². The second-order valence-corrected chi connectivity index (χ2v) is 9.10. The lowest BCUT2D eigenvalue weighted by atomic mass is 10.1. The zero-order chi connectivity index (χ0) is 23.4. The second kappa shape index (κ2) is 7.80. The number of nitrogens with one attached hydrogen (secondary N) is 1. The van der Waals surface area contributed by atoms with E-state index in [1.165, 1.54) is 19.2 Å². The fourth-order valence-electron chi connectivity index (χ4n) is 5.17. The number of pyridine rings is 1. The quantitative estimate of drug-likeness (QED) is 0.394. The van der Waals surface area contributed by atoms with Gasteiger partial charge in [0.05, 0.1) is 17.4 Å². The van der Waals surface area contributed by atoms with Gasteiger partial charge in [0, 0.05) is 41.3 Å². The molecule has 5 heterocycles. The molecule has 0 amide bonds. The lowest BCUT2D eigenvalue weighted by Crippen LogP contribution is -2.21. The Balaban J connectivity index is 1.40. The Morgan fingerprint density at radius 3 is 2.74 bits per heavy atom. The number of benzene rings is 2. The topological polar surface area (TPSA) is 102 Å². The summed E-state index contributed by atoms with van der Waals surface area (Å²) in [5.74, 6) is 1.46. The first-order valence-electron chi connectivity index (χ1n) is 11.9. The largest absolute Gasteiger partial charge is 0.383 e. The first kappa shape index (κ1) is 20.0. The monoisotopic (exact) mass is 460 g/mol. The summed E-state index contributed by atoms with van der Waals surface area (Å²) < 4.78 is 1.94. The van der Waals surface area contributed by atoms with Gasteiger partial charge in [0.2, 0.25) is 0 Å². The molecule has 1 fully saturated rings. The molecule has 172 valence electrons. The number of para-hydroxylation sites is 1. The zero-order valence-electron chi connectivity index (χ0n) is 19.1. The Morgan fingerprint density at radius 1 is 0.943 bits per heavy atom. The summed E-state index contributed by atoms with van der Waals surface area (Å²) in [5, 5.41) is 8.07. The third-order valence-electron chi connectivity index (χ3n) is 6.89. The molecule has 7 rings (SSSR count). The van der Waals surface area contributed by atoms with Crippen molar-refractivity contribution in [2.75, 3.05) is 23.7 Å². The highest BCUT2D eigenvalue weighted by Gasteiger charge is 2.22. The van der Waals surface area contributed by atoms with E-state index in [9.17, 15) is 0 Å². The maximum atomic E-state index is 6.36. The Kier molecular flexibility index (Phi) is 4.45. The molecule has 1 aliphatic heterocycles. The minimum Gasteiger partial charge on any atom is -0.383 e. The third-order valence-corrected chi connectivity index (χ3v) is 6.89. The number of H-pyrrole nitrogens is 1. The molecule has 0 saturated carbocycles. The van der Waals surface area contributed by atoms with Gasteiger partial charge < -0.3 is 15.6 Å². The van der Waals surface area contributed by atoms with Gasteiger partial charge in [-0.2, -0.15) is 5.10 Å². The summed E-state index contributed by atoms with van der Waals surface area (Å²) in [6, 6.07) is 18.8. The lowest BCUT2D eigenvalue weighted by molar-refractivity contribution is 0.702. The van der Waals surface area contributed by atoms with E-state index in [1.54, 1.807) is 0 Å². The molecule has 8 nitrogen and oxygen atoms in total. The van der Waals surface area contributed by atoms with E-state index in [2.05, 4.69) is 68.4 Å². The minimum absolute atomic E-state index is 0.430. The van der Waals surface area contributed by atoms with E-state index in [0.29, 0.717) is 12.4 Å². The van der Waals surface area contributed by atoms with Crippen molar-refractivity contribution in [2.24, 2.45) is 0 Å². The van der Waals surface area contributed by atoms with Crippen molar-refractivity contribution >= 4 is 44.5 Å². The highest BCUT2D eigenvalue weighted by atomic mass is 15.3. The highest BCUT2D eigenvalue weighted by molar-refractivity contribution is 5.99. The van der Waals surface area contributed by atoms with Crippen molar-refractivity contribution in [3.8, 4) is 11.3 Å². The minimum atomic E-state index is 0.430. The first-order chi connectivity index (χ1) is 17.2. The second-order valence-electron chi connectivity index (χ2n) is 9.10. The molecule has 0 unspecified atom stereocenters. The summed E-state index contributed by atoms with van der Waals surface area (Å²) in [4.78, 5) is 19.6. The van der Waals surface area contributed by atoms with Crippen molar-refractivity contribution in [2.45, 2.75) is 19.4 Å². The number of nitrogens with zero attached hydrogens (tertiary/aromatic N) is 6. The molecule has 0 atom stereocenters. The van der Waals surface area contributed by atoms with Gasteiger partial charge in [0.15, 0.2) is 5.65 Å². The molecule has 0 bridgehead atoms. The molecule has 0 aliphatic carbocycles. The van der Waals surface area contributed by atoms with E-state index in [0.717, 1.165) is 68.6 Å². The van der Waals surface area contributed by atoms with Crippen LogP contribution in [0.1, 0.15) is 18.4 Å². The van der Waals surface area contributed by atoms with Crippen LogP contribution in [0.5, 0.6) is 0 Å². The fraction of sp³-hybridized carbons (Fsp3) is 0.185. The van der Waals surface area contributed by atoms with Crippen LogP contribution in [0.2, 0.25) is 0 Å². The number of hydrogen-bond donors (Lipinski definition) is 2. The predicted molar refractivity (Wildman–Crippen MR) is 139 cm³/mol. The number of aromatic nitrogens is 6. The molecule has 4 aromatic heterocycles. The lowest BCUT2D eigenvalue weighted by Gasteiger charge is -2.21.